The fourth-order valence-electron chi connectivity index (χ4n) is 4.65. The second-order valence-corrected chi connectivity index (χ2v) is 9.92. The minimum absolute atomic E-state index is 0.0558. The van der Waals surface area contributed by atoms with E-state index in [0.717, 1.165) is 53.9 Å². The maximum Gasteiger partial charge on any atom is 0.244 e. The van der Waals surface area contributed by atoms with E-state index in [1.807, 2.05) is 55.7 Å². The highest BCUT2D eigenvalue weighted by Crippen LogP contribution is 2.34. The van der Waals surface area contributed by atoms with E-state index in [1.165, 1.54) is 19.3 Å². The average molecular weight is 512 g/mol. The molecule has 1 amide bonds. The first-order valence-corrected chi connectivity index (χ1v) is 13.2. The van der Waals surface area contributed by atoms with Crippen molar-refractivity contribution in [1.82, 2.24) is 20.1 Å². The topological polar surface area (TPSA) is 117 Å². The lowest BCUT2D eigenvalue weighted by Gasteiger charge is -2.24. The molecule has 0 bridgehead atoms. The fraction of sp³-hybridized carbons (Fsp3) is 0.379. The van der Waals surface area contributed by atoms with E-state index in [4.69, 9.17) is 15.0 Å². The zero-order chi connectivity index (χ0) is 26.3. The quantitative estimate of drug-likeness (QED) is 0.322. The Hall–Kier alpha value is -4.32. The Bertz CT molecular complexity index is 1350. The first-order chi connectivity index (χ1) is 18.6. The molecule has 2 fully saturated rings. The normalized spacial score (nSPS) is 15.7. The number of carbonyl (C=O) groups excluding carboxylic acids is 1. The van der Waals surface area contributed by atoms with Gasteiger partial charge in [-0.15, -0.1) is 0 Å². The average Bonchev–Trinajstić information content (AvgIpc) is 3.63. The highest BCUT2D eigenvalue weighted by Gasteiger charge is 2.22. The molecule has 0 atom stereocenters. The summed E-state index contributed by atoms with van der Waals surface area (Å²) in [6.45, 7) is -0.0558. The molecule has 38 heavy (non-hydrogen) atoms. The lowest BCUT2D eigenvalue weighted by Crippen LogP contribution is -2.24. The molecule has 0 saturated heterocycles. The lowest BCUT2D eigenvalue weighted by molar-refractivity contribution is -0.116. The molecule has 196 valence electrons. The molecule has 9 nitrogen and oxygen atoms in total. The summed E-state index contributed by atoms with van der Waals surface area (Å²) in [5, 5.41) is 23.3. The van der Waals surface area contributed by atoms with Crippen molar-refractivity contribution in [3.05, 3.63) is 54.4 Å². The minimum atomic E-state index is -0.0723. The molecule has 2 heterocycles. The second-order valence-electron chi connectivity index (χ2n) is 9.92. The van der Waals surface area contributed by atoms with Crippen LogP contribution in [0.5, 0.6) is 5.75 Å². The molecule has 2 aliphatic carbocycles. The molecular formula is C29H33N7O2. The standard InChI is InChI=1S/C29H33N7O2/c1-36-19-21(18-31-36)25-12-11-24(17-26(25)38-16-15-30)32-27-13-7-20(8-14-28(37)33-23-9-10-23)29(35-27)34-22-5-3-2-4-6-22/h7-8,11-14,17-19,22-23H,2-6,9-10,16H2,1H3,(H,33,37)(H2,32,34,35)/b14-8+. The van der Waals surface area contributed by atoms with E-state index in [1.54, 1.807) is 17.0 Å². The van der Waals surface area contributed by atoms with Gasteiger partial charge in [0.25, 0.3) is 0 Å². The molecule has 9 heteroatoms. The number of pyridine rings is 1. The number of aromatic nitrogens is 3. The van der Waals surface area contributed by atoms with Crippen LogP contribution in [0.4, 0.5) is 17.3 Å². The van der Waals surface area contributed by atoms with Gasteiger partial charge in [-0.05, 0) is 56.0 Å². The Morgan fingerprint density at radius 3 is 2.74 bits per heavy atom. The molecule has 5 rings (SSSR count). The van der Waals surface area contributed by atoms with Gasteiger partial charge in [0.15, 0.2) is 6.61 Å². The summed E-state index contributed by atoms with van der Waals surface area (Å²) in [5.74, 6) is 1.94. The Morgan fingerprint density at radius 1 is 1.16 bits per heavy atom. The van der Waals surface area contributed by atoms with E-state index < -0.39 is 0 Å². The third-order valence-electron chi connectivity index (χ3n) is 6.77. The van der Waals surface area contributed by atoms with Gasteiger partial charge in [-0.1, -0.05) is 19.3 Å². The van der Waals surface area contributed by atoms with Crippen molar-refractivity contribution in [2.45, 2.75) is 57.0 Å². The summed E-state index contributed by atoms with van der Waals surface area (Å²) < 4.78 is 7.47. The molecule has 3 aromatic rings. The minimum Gasteiger partial charge on any atom is -0.478 e. The first-order valence-electron chi connectivity index (χ1n) is 13.2. The number of rotatable bonds is 10. The highest BCUT2D eigenvalue weighted by atomic mass is 16.5. The number of aryl methyl sites for hydroxylation is 1. The van der Waals surface area contributed by atoms with Crippen molar-refractivity contribution in [2.75, 3.05) is 17.2 Å². The van der Waals surface area contributed by atoms with E-state index in [-0.39, 0.29) is 12.5 Å². The van der Waals surface area contributed by atoms with E-state index in [0.29, 0.717) is 23.7 Å². The van der Waals surface area contributed by atoms with Crippen LogP contribution in [-0.4, -0.2) is 39.4 Å². The number of ether oxygens (including phenoxy) is 1. The van der Waals surface area contributed by atoms with Gasteiger partial charge in [-0.3, -0.25) is 9.48 Å². The molecule has 2 saturated carbocycles. The summed E-state index contributed by atoms with van der Waals surface area (Å²) in [7, 11) is 1.86. The molecule has 0 radical (unpaired) electrons. The number of hydrogen-bond donors (Lipinski definition) is 3. The number of hydrogen-bond acceptors (Lipinski definition) is 7. The van der Waals surface area contributed by atoms with Gasteiger partial charge in [0, 0.05) is 59.8 Å². The van der Waals surface area contributed by atoms with Crippen molar-refractivity contribution in [1.29, 1.82) is 5.26 Å². The summed E-state index contributed by atoms with van der Waals surface area (Å²) in [4.78, 5) is 17.1. The van der Waals surface area contributed by atoms with Gasteiger partial charge in [-0.2, -0.15) is 10.4 Å². The Kier molecular flexibility index (Phi) is 7.88. The number of anilines is 3. The van der Waals surface area contributed by atoms with Crippen molar-refractivity contribution >= 4 is 29.3 Å². The summed E-state index contributed by atoms with van der Waals surface area (Å²) in [6.07, 6.45) is 15.1. The number of benzene rings is 1. The monoisotopic (exact) mass is 511 g/mol. The number of nitrogens with one attached hydrogen (secondary N) is 3. The summed E-state index contributed by atoms with van der Waals surface area (Å²) in [5.41, 5.74) is 3.42. The largest absolute Gasteiger partial charge is 0.478 e. The Morgan fingerprint density at radius 2 is 2.00 bits per heavy atom. The van der Waals surface area contributed by atoms with E-state index >= 15 is 0 Å². The highest BCUT2D eigenvalue weighted by molar-refractivity contribution is 5.93. The third-order valence-corrected chi connectivity index (χ3v) is 6.77. The molecule has 0 unspecified atom stereocenters. The van der Waals surface area contributed by atoms with Crippen molar-refractivity contribution in [3.8, 4) is 22.9 Å². The van der Waals surface area contributed by atoms with Crippen LogP contribution in [0.2, 0.25) is 0 Å². The SMILES string of the molecule is Cn1cc(-c2ccc(Nc3ccc(/C=C/C(=O)NC4CC4)c(NC4CCCCC4)n3)cc2OCC#N)cn1. The van der Waals surface area contributed by atoms with Crippen LogP contribution >= 0.6 is 0 Å². The molecule has 0 spiro atoms. The van der Waals surface area contributed by atoms with Gasteiger partial charge in [-0.25, -0.2) is 4.98 Å². The van der Waals surface area contributed by atoms with E-state index in [9.17, 15) is 4.79 Å². The molecule has 2 aromatic heterocycles. The molecular weight excluding hydrogens is 478 g/mol. The molecule has 3 N–H and O–H groups in total. The number of carbonyl (C=O) groups is 1. The van der Waals surface area contributed by atoms with Crippen molar-refractivity contribution in [3.63, 3.8) is 0 Å². The van der Waals surface area contributed by atoms with E-state index in [2.05, 4.69) is 21.0 Å². The maximum absolute atomic E-state index is 12.2. The van der Waals surface area contributed by atoms with Gasteiger partial charge < -0.3 is 20.7 Å². The fourth-order valence-corrected chi connectivity index (χ4v) is 4.65. The second kappa shape index (κ2) is 11.8. The maximum atomic E-state index is 12.2. The van der Waals surface area contributed by atoms with Crippen LogP contribution in [0, 0.1) is 11.3 Å². The van der Waals surface area contributed by atoms with Crippen LogP contribution < -0.4 is 20.7 Å². The molecule has 2 aliphatic rings. The predicted octanol–water partition coefficient (Wildman–Crippen LogP) is 5.16. The van der Waals surface area contributed by atoms with Crippen LogP contribution in [-0.2, 0) is 11.8 Å². The zero-order valence-electron chi connectivity index (χ0n) is 21.6. The smallest absolute Gasteiger partial charge is 0.244 e. The van der Waals surface area contributed by atoms with Crippen LogP contribution in [0.1, 0.15) is 50.5 Å². The molecule has 0 aliphatic heterocycles. The van der Waals surface area contributed by atoms with Crippen LogP contribution in [0.15, 0.2) is 48.8 Å². The first kappa shape index (κ1) is 25.3. The number of nitriles is 1. The van der Waals surface area contributed by atoms with Gasteiger partial charge >= 0.3 is 0 Å². The summed E-state index contributed by atoms with van der Waals surface area (Å²) in [6, 6.07) is 12.4. The summed E-state index contributed by atoms with van der Waals surface area (Å²) >= 11 is 0. The molecule has 1 aromatic carbocycles. The number of nitrogens with zero attached hydrogens (tertiary/aromatic N) is 4. The Labute approximate surface area is 222 Å². The predicted molar refractivity (Wildman–Crippen MR) is 148 cm³/mol. The van der Waals surface area contributed by atoms with Crippen molar-refractivity contribution < 1.29 is 9.53 Å². The number of amides is 1. The van der Waals surface area contributed by atoms with Gasteiger partial charge in [0.1, 0.15) is 23.5 Å². The lowest BCUT2D eigenvalue weighted by atomic mass is 9.95. The van der Waals surface area contributed by atoms with Crippen LogP contribution in [0.25, 0.3) is 17.2 Å². The van der Waals surface area contributed by atoms with Gasteiger partial charge in [0.2, 0.25) is 5.91 Å². The third kappa shape index (κ3) is 6.71. The van der Waals surface area contributed by atoms with Gasteiger partial charge in [0.05, 0.1) is 6.20 Å². The Balaban J connectivity index is 1.38. The zero-order valence-corrected chi connectivity index (χ0v) is 21.6. The van der Waals surface area contributed by atoms with Crippen molar-refractivity contribution in [2.24, 2.45) is 7.05 Å². The van der Waals surface area contributed by atoms with Crippen LogP contribution in [0.3, 0.4) is 0 Å².